The maximum atomic E-state index is 12.7. The van der Waals surface area contributed by atoms with E-state index in [1.165, 1.54) is 35.3 Å². The van der Waals surface area contributed by atoms with Gasteiger partial charge in [-0.25, -0.2) is 0 Å². The summed E-state index contributed by atoms with van der Waals surface area (Å²) in [4.78, 5) is 14.1. The predicted molar refractivity (Wildman–Crippen MR) is 124 cm³/mol. The molecule has 3 saturated carbocycles. The van der Waals surface area contributed by atoms with Gasteiger partial charge in [0.2, 0.25) is 0 Å². The average Bonchev–Trinajstić information content (AvgIpc) is 3.06. The highest BCUT2D eigenvalue weighted by Crippen LogP contribution is 2.65. The van der Waals surface area contributed by atoms with Crippen LogP contribution >= 0.6 is 11.8 Å². The Morgan fingerprint density at radius 2 is 1.90 bits per heavy atom. The summed E-state index contributed by atoms with van der Waals surface area (Å²) in [5.74, 6) is 3.58. The molecular weight excluding hydrogens is 388 g/mol. The van der Waals surface area contributed by atoms with Gasteiger partial charge in [0.05, 0.1) is 6.10 Å². The summed E-state index contributed by atoms with van der Waals surface area (Å²) in [5, 5.41) is 10.2. The van der Waals surface area contributed by atoms with Crippen molar-refractivity contribution in [3.63, 3.8) is 0 Å². The van der Waals surface area contributed by atoms with Crippen molar-refractivity contribution in [3.05, 3.63) is 41.5 Å². The second-order valence-corrected chi connectivity index (χ2v) is 12.1. The van der Waals surface area contributed by atoms with Gasteiger partial charge in [-0.15, -0.1) is 11.8 Å². The number of rotatable bonds is 4. The second kappa shape index (κ2) is 7.81. The smallest absolute Gasteiger partial charge is 0.133 e. The van der Waals surface area contributed by atoms with Crippen LogP contribution in [0.15, 0.2) is 40.8 Å². The second-order valence-electron chi connectivity index (χ2n) is 10.9. The van der Waals surface area contributed by atoms with Crippen LogP contribution in [0.1, 0.15) is 70.3 Å². The van der Waals surface area contributed by atoms with Gasteiger partial charge in [0, 0.05) is 17.7 Å². The predicted octanol–water partition coefficient (Wildman–Crippen LogP) is 6.35. The Morgan fingerprint density at radius 3 is 2.70 bits per heavy atom. The van der Waals surface area contributed by atoms with Crippen molar-refractivity contribution < 1.29 is 9.90 Å². The van der Waals surface area contributed by atoms with E-state index in [-0.39, 0.29) is 16.9 Å². The number of ketones is 1. The van der Waals surface area contributed by atoms with Crippen LogP contribution in [-0.4, -0.2) is 22.7 Å². The van der Waals surface area contributed by atoms with E-state index < -0.39 is 0 Å². The largest absolute Gasteiger partial charge is 0.393 e. The third-order valence-corrected chi connectivity index (χ3v) is 10.3. The molecule has 3 fully saturated rings. The molecule has 4 aliphatic carbocycles. The number of carbonyl (C=O) groups is 1. The summed E-state index contributed by atoms with van der Waals surface area (Å²) < 4.78 is 0. The summed E-state index contributed by atoms with van der Waals surface area (Å²) in [6.45, 7) is 4.61. The Balaban J connectivity index is 1.33. The highest BCUT2D eigenvalue weighted by Gasteiger charge is 2.58. The fourth-order valence-electron chi connectivity index (χ4n) is 7.63. The molecule has 0 aliphatic heterocycles. The molecule has 0 radical (unpaired) electrons. The highest BCUT2D eigenvalue weighted by molar-refractivity contribution is 7.99. The van der Waals surface area contributed by atoms with Gasteiger partial charge in [0.25, 0.3) is 0 Å². The first kappa shape index (κ1) is 20.8. The molecule has 0 unspecified atom stereocenters. The van der Waals surface area contributed by atoms with E-state index in [1.54, 1.807) is 0 Å². The molecule has 1 N–H and O–H groups in total. The van der Waals surface area contributed by atoms with Crippen LogP contribution in [0.4, 0.5) is 0 Å². The number of aliphatic hydroxyl groups excluding tert-OH is 1. The summed E-state index contributed by atoms with van der Waals surface area (Å²) in [6, 6.07) is 8.86. The van der Waals surface area contributed by atoms with E-state index in [4.69, 9.17) is 0 Å². The summed E-state index contributed by atoms with van der Waals surface area (Å²) in [7, 11) is 0. The van der Waals surface area contributed by atoms with Crippen molar-refractivity contribution >= 4 is 17.5 Å². The maximum Gasteiger partial charge on any atom is 0.133 e. The number of hydrogen-bond donors (Lipinski definition) is 1. The Hall–Kier alpha value is -1.06. The van der Waals surface area contributed by atoms with Gasteiger partial charge < -0.3 is 5.11 Å². The fraction of sp³-hybridized carbons (Fsp3) is 0.667. The molecule has 0 bridgehead atoms. The monoisotopic (exact) mass is 424 g/mol. The Labute approximate surface area is 185 Å². The van der Waals surface area contributed by atoms with Gasteiger partial charge >= 0.3 is 0 Å². The third-order valence-electron chi connectivity index (χ3n) is 9.30. The zero-order chi connectivity index (χ0) is 20.9. The van der Waals surface area contributed by atoms with Crippen LogP contribution < -0.4 is 0 Å². The molecule has 162 valence electrons. The topological polar surface area (TPSA) is 37.3 Å². The molecule has 6 atom stereocenters. The van der Waals surface area contributed by atoms with Gasteiger partial charge in [-0.1, -0.05) is 36.3 Å². The molecule has 0 aromatic heterocycles. The van der Waals surface area contributed by atoms with Gasteiger partial charge in [0.1, 0.15) is 5.78 Å². The molecular formula is C27H36O2S. The molecule has 1 aromatic rings. The lowest BCUT2D eigenvalue weighted by Gasteiger charge is -2.57. The van der Waals surface area contributed by atoms with Gasteiger partial charge in [-0.3, -0.25) is 4.79 Å². The summed E-state index contributed by atoms with van der Waals surface area (Å²) in [6.07, 6.45) is 11.7. The molecule has 3 heteroatoms. The number of thioether (sulfide) groups is 1. The maximum absolute atomic E-state index is 12.7. The molecule has 0 spiro atoms. The molecule has 5 rings (SSSR count). The van der Waals surface area contributed by atoms with Crippen molar-refractivity contribution in [2.24, 2.45) is 28.6 Å². The van der Waals surface area contributed by atoms with Crippen molar-refractivity contribution in [2.45, 2.75) is 82.6 Å². The first-order valence-electron chi connectivity index (χ1n) is 12.0. The molecule has 1 aromatic carbocycles. The minimum absolute atomic E-state index is 0.143. The van der Waals surface area contributed by atoms with Crippen LogP contribution in [0.25, 0.3) is 0 Å². The number of benzene rings is 1. The molecule has 0 saturated heterocycles. The van der Waals surface area contributed by atoms with Gasteiger partial charge in [-0.05, 0) is 98.3 Å². The Bertz CT molecular complexity index is 843. The van der Waals surface area contributed by atoms with Crippen molar-refractivity contribution in [2.75, 3.05) is 5.75 Å². The molecule has 0 heterocycles. The van der Waals surface area contributed by atoms with Gasteiger partial charge in [-0.2, -0.15) is 0 Å². The SMILES string of the molecule is Cc1ccc(SCC[C@]23CC[C@H]4[C@@H](CC=C5C[C@@H](O)CC[C@@]54C)[C@@H]2CC(=O)C3)cc1. The molecule has 30 heavy (non-hydrogen) atoms. The van der Waals surface area contributed by atoms with E-state index >= 15 is 0 Å². The van der Waals surface area contributed by atoms with Crippen LogP contribution in [0, 0.1) is 35.5 Å². The first-order chi connectivity index (χ1) is 14.4. The highest BCUT2D eigenvalue weighted by atomic mass is 32.2. The van der Waals surface area contributed by atoms with Crippen molar-refractivity contribution in [1.29, 1.82) is 0 Å². The fourth-order valence-corrected chi connectivity index (χ4v) is 8.71. The van der Waals surface area contributed by atoms with Crippen LogP contribution in [-0.2, 0) is 4.79 Å². The number of Topliss-reactive ketones (excluding diaryl/α,β-unsaturated/α-hetero) is 1. The number of aliphatic hydroxyl groups is 1. The number of allylic oxidation sites excluding steroid dienone is 1. The van der Waals surface area contributed by atoms with Crippen LogP contribution in [0.5, 0.6) is 0 Å². The summed E-state index contributed by atoms with van der Waals surface area (Å²) >= 11 is 1.96. The number of fused-ring (bicyclic) bond motifs is 5. The standard InChI is InChI=1S/C27H36O2S/c1-18-3-6-22(7-4-18)30-14-13-27-12-10-24-23(25(27)16-21(29)17-27)8-5-19-15-20(28)9-11-26(19,24)2/h3-7,20,23-25,28H,8-17H2,1-2H3/t20-,23+,24-,25-,26-,27-/m0/s1. The zero-order valence-electron chi connectivity index (χ0n) is 18.5. The minimum atomic E-state index is -0.143. The summed E-state index contributed by atoms with van der Waals surface area (Å²) in [5.41, 5.74) is 3.34. The number of aryl methyl sites for hydroxylation is 1. The van der Waals surface area contributed by atoms with Crippen LogP contribution in [0.3, 0.4) is 0 Å². The Kier molecular flexibility index (Phi) is 5.42. The lowest BCUT2D eigenvalue weighted by molar-refractivity contribution is -0.118. The number of hydrogen-bond acceptors (Lipinski definition) is 3. The zero-order valence-corrected chi connectivity index (χ0v) is 19.3. The first-order valence-corrected chi connectivity index (χ1v) is 13.0. The lowest BCUT2D eigenvalue weighted by atomic mass is 9.47. The normalized spacial score (nSPS) is 40.4. The van der Waals surface area contributed by atoms with E-state index in [0.29, 0.717) is 23.5 Å². The lowest BCUT2D eigenvalue weighted by Crippen LogP contribution is -2.50. The molecule has 4 aliphatic rings. The van der Waals surface area contributed by atoms with E-state index in [9.17, 15) is 9.90 Å². The van der Waals surface area contributed by atoms with Crippen molar-refractivity contribution in [3.8, 4) is 0 Å². The average molecular weight is 425 g/mol. The van der Waals surface area contributed by atoms with E-state index in [2.05, 4.69) is 44.2 Å². The molecule has 0 amide bonds. The van der Waals surface area contributed by atoms with Crippen molar-refractivity contribution in [1.82, 2.24) is 0 Å². The van der Waals surface area contributed by atoms with Gasteiger partial charge in [0.15, 0.2) is 0 Å². The van der Waals surface area contributed by atoms with E-state index in [0.717, 1.165) is 44.3 Å². The molecule has 2 nitrogen and oxygen atoms in total. The minimum Gasteiger partial charge on any atom is -0.393 e. The Morgan fingerprint density at radius 1 is 1.10 bits per heavy atom. The third kappa shape index (κ3) is 3.50. The van der Waals surface area contributed by atoms with Crippen LogP contribution in [0.2, 0.25) is 0 Å². The number of carbonyl (C=O) groups excluding carboxylic acids is 1. The quantitative estimate of drug-likeness (QED) is 0.452. The van der Waals surface area contributed by atoms with E-state index in [1.807, 2.05) is 11.8 Å².